The molecule has 3 heterocycles. The van der Waals surface area contributed by atoms with Crippen LogP contribution in [0, 0.1) is 23.0 Å². The molecule has 228 valence electrons. The molecule has 0 fully saturated rings. The second kappa shape index (κ2) is 10.7. The van der Waals surface area contributed by atoms with Gasteiger partial charge in [0.1, 0.15) is 28.4 Å². The normalized spacial score (nSPS) is 19.0. The van der Waals surface area contributed by atoms with Crippen molar-refractivity contribution in [2.75, 3.05) is 4.90 Å². The molecule has 0 saturated heterocycles. The van der Waals surface area contributed by atoms with E-state index in [4.69, 9.17) is 10.2 Å². The first kappa shape index (κ1) is 30.7. The number of halogens is 6. The number of alkyl halides is 4. The summed E-state index contributed by atoms with van der Waals surface area (Å²) in [4.78, 5) is 18.3. The highest BCUT2D eigenvalue weighted by Crippen LogP contribution is 2.44. The summed E-state index contributed by atoms with van der Waals surface area (Å²) in [6, 6.07) is 8.99. The number of hydrogen-bond acceptors (Lipinski definition) is 7. The molecule has 2 aromatic carbocycles. The van der Waals surface area contributed by atoms with Crippen LogP contribution in [-0.2, 0) is 28.6 Å². The summed E-state index contributed by atoms with van der Waals surface area (Å²) in [5.74, 6) is -3.11. The van der Waals surface area contributed by atoms with Crippen LogP contribution in [0.25, 0.3) is 22.7 Å². The summed E-state index contributed by atoms with van der Waals surface area (Å²) in [5, 5.41) is 17.1. The number of amides is 1. The van der Waals surface area contributed by atoms with Gasteiger partial charge in [0, 0.05) is 23.7 Å². The molecule has 0 aliphatic carbocycles. The Morgan fingerprint density at radius 3 is 2.41 bits per heavy atom. The van der Waals surface area contributed by atoms with Crippen molar-refractivity contribution in [3.8, 4) is 28.8 Å². The summed E-state index contributed by atoms with van der Waals surface area (Å²) in [7, 11) is 0. The molecule has 1 amide bonds. The zero-order valence-electron chi connectivity index (χ0n) is 23.5. The molecule has 5 rings (SSSR count). The smallest absolute Gasteiger partial charge is 0.417 e. The quantitative estimate of drug-likeness (QED) is 0.260. The van der Waals surface area contributed by atoms with E-state index >= 15 is 8.78 Å². The second-order valence-corrected chi connectivity index (χ2v) is 11.2. The summed E-state index contributed by atoms with van der Waals surface area (Å²) in [6.45, 7) is 4.06. The number of carbonyl (C=O) groups is 1. The minimum atomic E-state index is -4.76. The van der Waals surface area contributed by atoms with Crippen LogP contribution in [0.1, 0.15) is 49.8 Å². The van der Waals surface area contributed by atoms with Crippen molar-refractivity contribution < 1.29 is 35.6 Å². The van der Waals surface area contributed by atoms with Crippen LogP contribution in [-0.4, -0.2) is 27.1 Å². The van der Waals surface area contributed by atoms with Gasteiger partial charge in [-0.2, -0.15) is 18.4 Å². The second-order valence-electron chi connectivity index (χ2n) is 11.2. The maximum atomic E-state index is 15.9. The Balaban J connectivity index is 1.54. The lowest BCUT2D eigenvalue weighted by atomic mass is 9.90. The Bertz CT molecular complexity index is 1790. The Hall–Kier alpha value is -4.77. The van der Waals surface area contributed by atoms with E-state index in [0.717, 1.165) is 6.07 Å². The molecule has 0 spiro atoms. The van der Waals surface area contributed by atoms with Crippen molar-refractivity contribution in [1.82, 2.24) is 15.2 Å². The number of carbonyl (C=O) groups excluding carboxylic acids is 1. The average Bonchev–Trinajstić information content (AvgIpc) is 3.44. The highest BCUT2D eigenvalue weighted by atomic mass is 19.4. The van der Waals surface area contributed by atoms with Crippen molar-refractivity contribution in [1.29, 1.82) is 5.26 Å². The first-order valence-electron chi connectivity index (χ1n) is 13.2. The first-order valence-corrected chi connectivity index (χ1v) is 13.2. The largest absolute Gasteiger partial charge is 0.419 e. The van der Waals surface area contributed by atoms with Crippen molar-refractivity contribution in [2.24, 2.45) is 5.73 Å². The number of fused-ring (bicyclic) bond motifs is 1. The van der Waals surface area contributed by atoms with E-state index in [0.29, 0.717) is 17.8 Å². The van der Waals surface area contributed by atoms with E-state index in [1.54, 1.807) is 0 Å². The lowest BCUT2D eigenvalue weighted by Crippen LogP contribution is -2.43. The number of nitrogens with two attached hydrogens (primary N) is 1. The Kier molecular flexibility index (Phi) is 7.49. The lowest BCUT2D eigenvalue weighted by molar-refractivity contribution is -0.138. The average molecular weight is 615 g/mol. The Morgan fingerprint density at radius 2 is 1.80 bits per heavy atom. The van der Waals surface area contributed by atoms with Gasteiger partial charge in [-0.05, 0) is 44.5 Å². The van der Waals surface area contributed by atoms with E-state index in [2.05, 4.69) is 15.2 Å². The monoisotopic (exact) mass is 614 g/mol. The topological polar surface area (TPSA) is 122 Å². The van der Waals surface area contributed by atoms with Crippen molar-refractivity contribution in [2.45, 2.75) is 57.0 Å². The van der Waals surface area contributed by atoms with Crippen molar-refractivity contribution in [3.05, 3.63) is 82.9 Å². The van der Waals surface area contributed by atoms with Crippen molar-refractivity contribution in [3.63, 3.8) is 0 Å². The van der Waals surface area contributed by atoms with Gasteiger partial charge in [-0.25, -0.2) is 13.2 Å². The number of aromatic nitrogens is 3. The molecule has 44 heavy (non-hydrogen) atoms. The summed E-state index contributed by atoms with van der Waals surface area (Å²) < 4.78 is 90.1. The van der Waals surface area contributed by atoms with Crippen LogP contribution in [0.4, 0.5) is 32.0 Å². The molecule has 8 nitrogen and oxygen atoms in total. The van der Waals surface area contributed by atoms with Gasteiger partial charge in [-0.3, -0.25) is 9.78 Å². The van der Waals surface area contributed by atoms with E-state index in [1.165, 1.54) is 56.0 Å². The van der Waals surface area contributed by atoms with Crippen LogP contribution < -0.4 is 10.6 Å². The standard InChI is InChI=1S/C30H24F6N6O2/c1-28(2,14-37)27-41-40-25(44-27)18-9-23-19(10-20(18)31)29(3,33)11-22(38)26(43)42(23)13-15-4-6-16(7-5-15)24-21(32)8-17(12-39-24)30(34,35)36/h4-10,12,22H,11,13,38H2,1-3H3/t22-,29?/m0/s1. The number of benzene rings is 2. The third kappa shape index (κ3) is 5.62. The third-order valence-corrected chi connectivity index (χ3v) is 7.33. The maximum Gasteiger partial charge on any atom is 0.417 e. The summed E-state index contributed by atoms with van der Waals surface area (Å²) >= 11 is 0. The van der Waals surface area contributed by atoms with Gasteiger partial charge in [-0.1, -0.05) is 24.3 Å². The molecule has 2 atom stereocenters. The molecule has 1 unspecified atom stereocenters. The lowest BCUT2D eigenvalue weighted by Gasteiger charge is -2.26. The van der Waals surface area contributed by atoms with Gasteiger partial charge in [0.2, 0.25) is 11.8 Å². The van der Waals surface area contributed by atoms with Crippen LogP contribution in [0.3, 0.4) is 0 Å². The van der Waals surface area contributed by atoms with Crippen molar-refractivity contribution >= 4 is 11.6 Å². The molecule has 2 N–H and O–H groups in total. The van der Waals surface area contributed by atoms with Gasteiger partial charge < -0.3 is 15.1 Å². The van der Waals surface area contributed by atoms with Crippen LogP contribution in [0.5, 0.6) is 0 Å². The molecule has 1 aliphatic rings. The molecule has 4 aromatic rings. The first-order chi connectivity index (χ1) is 20.5. The van der Waals surface area contributed by atoms with Crippen LogP contribution in [0.15, 0.2) is 53.1 Å². The van der Waals surface area contributed by atoms with E-state index < -0.39 is 52.8 Å². The summed E-state index contributed by atoms with van der Waals surface area (Å²) in [6.07, 6.45) is -4.67. The highest BCUT2D eigenvalue weighted by molar-refractivity contribution is 5.99. The molecule has 1 aliphatic heterocycles. The fourth-order valence-corrected chi connectivity index (χ4v) is 4.85. The van der Waals surface area contributed by atoms with E-state index in [-0.39, 0.29) is 46.4 Å². The minimum Gasteiger partial charge on any atom is -0.419 e. The molecule has 0 saturated carbocycles. The third-order valence-electron chi connectivity index (χ3n) is 7.33. The number of hydrogen-bond donors (Lipinski definition) is 1. The van der Waals surface area contributed by atoms with E-state index in [1.807, 2.05) is 6.07 Å². The molecule has 2 aromatic heterocycles. The number of nitriles is 1. The minimum absolute atomic E-state index is 0.0110. The number of rotatable bonds is 5. The SMILES string of the molecule is CC(C)(C#N)c1nnc(-c2cc3c(cc2F)C(C)(F)C[C@H](N)C(=O)N3Cc2ccc(-c3ncc(C(F)(F)F)cc3F)cc2)o1. The zero-order valence-corrected chi connectivity index (χ0v) is 23.5. The zero-order chi connectivity index (χ0) is 32.2. The number of pyridine rings is 1. The molecule has 0 radical (unpaired) electrons. The summed E-state index contributed by atoms with van der Waals surface area (Å²) in [5.41, 5.74) is 1.37. The molecular formula is C30H24F6N6O2. The number of nitrogens with zero attached hydrogens (tertiary/aromatic N) is 5. The highest BCUT2D eigenvalue weighted by Gasteiger charge is 2.42. The molecular weight excluding hydrogens is 590 g/mol. The maximum absolute atomic E-state index is 15.9. The fourth-order valence-electron chi connectivity index (χ4n) is 4.85. The van der Waals surface area contributed by atoms with E-state index in [9.17, 15) is 27.6 Å². The number of anilines is 1. The molecule has 0 bridgehead atoms. The van der Waals surface area contributed by atoms with Crippen LogP contribution in [0.2, 0.25) is 0 Å². The van der Waals surface area contributed by atoms with Gasteiger partial charge in [0.15, 0.2) is 0 Å². The van der Waals surface area contributed by atoms with Gasteiger partial charge >= 0.3 is 6.18 Å². The Labute approximate surface area is 247 Å². The van der Waals surface area contributed by atoms with Gasteiger partial charge in [-0.15, -0.1) is 10.2 Å². The van der Waals surface area contributed by atoms with Gasteiger partial charge in [0.25, 0.3) is 5.89 Å². The predicted octanol–water partition coefficient (Wildman–Crippen LogP) is 6.35. The Morgan fingerprint density at radius 1 is 1.11 bits per heavy atom. The van der Waals surface area contributed by atoms with Crippen LogP contribution >= 0.6 is 0 Å². The molecule has 14 heteroatoms. The predicted molar refractivity (Wildman–Crippen MR) is 145 cm³/mol. The van der Waals surface area contributed by atoms with Gasteiger partial charge in [0.05, 0.1) is 35.5 Å². The fraction of sp³-hybridized carbons (Fsp3) is 0.300.